The molecule has 1 aromatic heterocycles. The summed E-state index contributed by atoms with van der Waals surface area (Å²) in [5.41, 5.74) is 6.03. The maximum absolute atomic E-state index is 13.5. The van der Waals surface area contributed by atoms with Crippen LogP contribution in [0.4, 0.5) is 21.8 Å². The molecular weight excluding hydrogens is 303 g/mol. The summed E-state index contributed by atoms with van der Waals surface area (Å²) in [6.07, 6.45) is 1.01. The van der Waals surface area contributed by atoms with Crippen LogP contribution < -0.4 is 15.8 Å². The van der Waals surface area contributed by atoms with Gasteiger partial charge in [0, 0.05) is 10.5 Å². The number of nitrogens with zero attached hydrogens (tertiary/aromatic N) is 2. The first-order valence-electron chi connectivity index (χ1n) is 4.98. The van der Waals surface area contributed by atoms with Gasteiger partial charge in [0.1, 0.15) is 5.75 Å². The molecule has 0 amide bonds. The SMILES string of the molecule is COc1ccc(Br)c(Nc2nc(N)ncc2F)c1. The van der Waals surface area contributed by atoms with Crippen LogP contribution in [0.25, 0.3) is 0 Å². The Kier molecular flexibility index (Phi) is 3.61. The monoisotopic (exact) mass is 312 g/mol. The highest BCUT2D eigenvalue weighted by Gasteiger charge is 2.08. The Bertz CT molecular complexity index is 579. The molecule has 0 aliphatic carbocycles. The number of hydrogen-bond acceptors (Lipinski definition) is 5. The van der Waals surface area contributed by atoms with E-state index >= 15 is 0 Å². The van der Waals surface area contributed by atoms with Crippen LogP contribution in [0.1, 0.15) is 0 Å². The Morgan fingerprint density at radius 2 is 2.22 bits per heavy atom. The van der Waals surface area contributed by atoms with Crippen LogP contribution >= 0.6 is 15.9 Å². The molecule has 7 heteroatoms. The Labute approximate surface area is 111 Å². The van der Waals surface area contributed by atoms with Gasteiger partial charge in [-0.25, -0.2) is 9.37 Å². The molecule has 5 nitrogen and oxygen atoms in total. The minimum absolute atomic E-state index is 0.00193. The summed E-state index contributed by atoms with van der Waals surface area (Å²) >= 11 is 3.35. The number of methoxy groups -OCH3 is 1. The summed E-state index contributed by atoms with van der Waals surface area (Å²) in [5.74, 6) is 0.0661. The van der Waals surface area contributed by atoms with E-state index in [2.05, 4.69) is 31.2 Å². The van der Waals surface area contributed by atoms with E-state index in [1.165, 1.54) is 0 Å². The lowest BCUT2D eigenvalue weighted by Crippen LogP contribution is -2.03. The fourth-order valence-electron chi connectivity index (χ4n) is 1.32. The molecule has 0 spiro atoms. The summed E-state index contributed by atoms with van der Waals surface area (Å²) < 4.78 is 19.3. The molecule has 0 atom stereocenters. The maximum atomic E-state index is 13.5. The second-order valence-electron chi connectivity index (χ2n) is 3.40. The Hall–Kier alpha value is -1.89. The second-order valence-corrected chi connectivity index (χ2v) is 4.25. The van der Waals surface area contributed by atoms with E-state index in [0.29, 0.717) is 11.4 Å². The fraction of sp³-hybridized carbons (Fsp3) is 0.0909. The molecule has 2 rings (SSSR count). The second kappa shape index (κ2) is 5.18. The molecular formula is C11H10BrFN4O. The van der Waals surface area contributed by atoms with Crippen LogP contribution in [0.3, 0.4) is 0 Å². The van der Waals surface area contributed by atoms with Crippen molar-refractivity contribution < 1.29 is 9.13 Å². The third-order valence-corrected chi connectivity index (χ3v) is 2.88. The Morgan fingerprint density at radius 1 is 1.44 bits per heavy atom. The van der Waals surface area contributed by atoms with E-state index in [9.17, 15) is 4.39 Å². The number of hydrogen-bond donors (Lipinski definition) is 2. The van der Waals surface area contributed by atoms with Crippen molar-refractivity contribution in [3.8, 4) is 5.75 Å². The van der Waals surface area contributed by atoms with E-state index in [0.717, 1.165) is 10.7 Å². The van der Waals surface area contributed by atoms with Crippen molar-refractivity contribution in [1.82, 2.24) is 9.97 Å². The van der Waals surface area contributed by atoms with E-state index < -0.39 is 5.82 Å². The van der Waals surface area contributed by atoms with Gasteiger partial charge in [0.25, 0.3) is 0 Å². The molecule has 1 heterocycles. The van der Waals surface area contributed by atoms with E-state index in [1.807, 2.05) is 0 Å². The third kappa shape index (κ3) is 2.67. The molecule has 0 aliphatic heterocycles. The van der Waals surface area contributed by atoms with Gasteiger partial charge < -0.3 is 15.8 Å². The number of nitrogens with one attached hydrogen (secondary N) is 1. The van der Waals surface area contributed by atoms with Gasteiger partial charge in [0.15, 0.2) is 11.6 Å². The van der Waals surface area contributed by atoms with Gasteiger partial charge in [-0.05, 0) is 28.1 Å². The minimum atomic E-state index is -0.584. The largest absolute Gasteiger partial charge is 0.497 e. The van der Waals surface area contributed by atoms with Crippen LogP contribution in [-0.2, 0) is 0 Å². The summed E-state index contributed by atoms with van der Waals surface area (Å²) in [6, 6.07) is 5.27. The minimum Gasteiger partial charge on any atom is -0.497 e. The van der Waals surface area contributed by atoms with Gasteiger partial charge in [-0.15, -0.1) is 0 Å². The number of anilines is 3. The van der Waals surface area contributed by atoms with Crippen molar-refractivity contribution >= 4 is 33.4 Å². The molecule has 0 bridgehead atoms. The molecule has 0 aliphatic rings. The maximum Gasteiger partial charge on any atom is 0.222 e. The van der Waals surface area contributed by atoms with Crippen LogP contribution in [0.5, 0.6) is 5.75 Å². The summed E-state index contributed by atoms with van der Waals surface area (Å²) in [5, 5.41) is 2.82. The number of benzene rings is 1. The highest BCUT2D eigenvalue weighted by molar-refractivity contribution is 9.10. The molecule has 2 aromatic rings. The lowest BCUT2D eigenvalue weighted by Gasteiger charge is -2.10. The Balaban J connectivity index is 2.36. The average molecular weight is 313 g/mol. The average Bonchev–Trinajstić information content (AvgIpc) is 2.36. The molecule has 3 N–H and O–H groups in total. The zero-order valence-electron chi connectivity index (χ0n) is 9.45. The molecule has 0 saturated heterocycles. The third-order valence-electron chi connectivity index (χ3n) is 2.19. The molecule has 0 radical (unpaired) electrons. The molecule has 94 valence electrons. The number of ether oxygens (including phenoxy) is 1. The van der Waals surface area contributed by atoms with Gasteiger partial charge >= 0.3 is 0 Å². The fourth-order valence-corrected chi connectivity index (χ4v) is 1.67. The first-order valence-corrected chi connectivity index (χ1v) is 5.78. The number of nitrogens with two attached hydrogens (primary N) is 1. The lowest BCUT2D eigenvalue weighted by atomic mass is 10.3. The van der Waals surface area contributed by atoms with Crippen LogP contribution in [0.15, 0.2) is 28.9 Å². The van der Waals surface area contributed by atoms with Gasteiger partial charge in [-0.3, -0.25) is 0 Å². The van der Waals surface area contributed by atoms with Crippen molar-refractivity contribution in [2.75, 3.05) is 18.2 Å². The topological polar surface area (TPSA) is 73.1 Å². The van der Waals surface area contributed by atoms with Crippen molar-refractivity contribution in [2.45, 2.75) is 0 Å². The number of aromatic nitrogens is 2. The quantitative estimate of drug-likeness (QED) is 0.911. The highest BCUT2D eigenvalue weighted by atomic mass is 79.9. The van der Waals surface area contributed by atoms with Crippen molar-refractivity contribution in [2.24, 2.45) is 0 Å². The first kappa shape index (κ1) is 12.6. The van der Waals surface area contributed by atoms with Gasteiger partial charge in [-0.1, -0.05) is 0 Å². The number of rotatable bonds is 3. The predicted octanol–water partition coefficient (Wildman–Crippen LogP) is 2.71. The van der Waals surface area contributed by atoms with E-state index in [-0.39, 0.29) is 11.8 Å². The standard InChI is InChI=1S/C11H10BrFN4O/c1-18-6-2-3-7(12)9(4-6)16-10-8(13)5-15-11(14)17-10/h2-5H,1H3,(H3,14,15,16,17). The van der Waals surface area contributed by atoms with Gasteiger partial charge in [0.05, 0.1) is 19.0 Å². The zero-order valence-corrected chi connectivity index (χ0v) is 11.0. The summed E-state index contributed by atoms with van der Waals surface area (Å²) in [4.78, 5) is 7.34. The molecule has 0 fully saturated rings. The zero-order chi connectivity index (χ0) is 13.1. The predicted molar refractivity (Wildman–Crippen MR) is 70.4 cm³/mol. The number of halogens is 2. The molecule has 0 unspecified atom stereocenters. The van der Waals surface area contributed by atoms with Crippen molar-refractivity contribution in [1.29, 1.82) is 0 Å². The normalized spacial score (nSPS) is 10.2. The lowest BCUT2D eigenvalue weighted by molar-refractivity contribution is 0.415. The highest BCUT2D eigenvalue weighted by Crippen LogP contribution is 2.29. The van der Waals surface area contributed by atoms with Crippen molar-refractivity contribution in [3.05, 3.63) is 34.7 Å². The molecule has 0 saturated carbocycles. The smallest absolute Gasteiger partial charge is 0.222 e. The van der Waals surface area contributed by atoms with Crippen LogP contribution in [0.2, 0.25) is 0 Å². The molecule has 1 aromatic carbocycles. The van der Waals surface area contributed by atoms with Gasteiger partial charge in [0.2, 0.25) is 5.95 Å². The number of nitrogen functional groups attached to an aromatic ring is 1. The van der Waals surface area contributed by atoms with Gasteiger partial charge in [-0.2, -0.15) is 4.98 Å². The van der Waals surface area contributed by atoms with Crippen molar-refractivity contribution in [3.63, 3.8) is 0 Å². The van der Waals surface area contributed by atoms with Crippen LogP contribution in [-0.4, -0.2) is 17.1 Å². The first-order chi connectivity index (χ1) is 8.60. The summed E-state index contributed by atoms with van der Waals surface area (Å²) in [7, 11) is 1.55. The van der Waals surface area contributed by atoms with E-state index in [1.54, 1.807) is 25.3 Å². The molecule has 18 heavy (non-hydrogen) atoms. The van der Waals surface area contributed by atoms with Crippen LogP contribution in [0, 0.1) is 5.82 Å². The van der Waals surface area contributed by atoms with E-state index in [4.69, 9.17) is 10.5 Å². The summed E-state index contributed by atoms with van der Waals surface area (Å²) in [6.45, 7) is 0. The Morgan fingerprint density at radius 3 is 2.94 bits per heavy atom.